The molecular weight excluding hydrogens is 262 g/mol. The van der Waals surface area contributed by atoms with E-state index in [1.807, 2.05) is 6.07 Å². The molecule has 1 aromatic carbocycles. The first-order valence-corrected chi connectivity index (χ1v) is 7.90. The van der Waals surface area contributed by atoms with Gasteiger partial charge in [-0.3, -0.25) is 0 Å². The summed E-state index contributed by atoms with van der Waals surface area (Å²) >= 11 is 0. The molecule has 4 nitrogen and oxygen atoms in total. The molecule has 1 aromatic heterocycles. The molecule has 21 heavy (non-hydrogen) atoms. The molecule has 4 heteroatoms. The molecule has 0 amide bonds. The molecule has 0 radical (unpaired) electrons. The van der Waals surface area contributed by atoms with Gasteiger partial charge >= 0.3 is 0 Å². The first kappa shape index (κ1) is 14.3. The van der Waals surface area contributed by atoms with Crippen LogP contribution in [0.15, 0.2) is 34.9 Å². The smallest absolute Gasteiger partial charge is 0.234 e. The highest BCUT2D eigenvalue weighted by Gasteiger charge is 2.37. The number of nitrogens with zero attached hydrogens (tertiary/aromatic N) is 2. The van der Waals surface area contributed by atoms with Gasteiger partial charge in [0.15, 0.2) is 5.82 Å². The second-order valence-electron chi connectivity index (χ2n) is 5.92. The molecular formula is C17H23N3O. The van der Waals surface area contributed by atoms with E-state index in [1.165, 1.54) is 12.0 Å². The third kappa shape index (κ3) is 3.16. The molecule has 1 saturated heterocycles. The molecule has 1 aliphatic rings. The molecule has 2 heterocycles. The number of benzene rings is 1. The van der Waals surface area contributed by atoms with E-state index in [9.17, 15) is 0 Å². The Morgan fingerprint density at radius 2 is 2.10 bits per heavy atom. The van der Waals surface area contributed by atoms with E-state index >= 15 is 0 Å². The zero-order valence-corrected chi connectivity index (χ0v) is 12.6. The van der Waals surface area contributed by atoms with Crippen LogP contribution in [0.1, 0.15) is 43.5 Å². The third-order valence-corrected chi connectivity index (χ3v) is 4.55. The number of hydrogen-bond donors (Lipinski definition) is 1. The summed E-state index contributed by atoms with van der Waals surface area (Å²) in [6.07, 6.45) is 5.14. The monoisotopic (exact) mass is 285 g/mol. The van der Waals surface area contributed by atoms with Gasteiger partial charge in [0.1, 0.15) is 0 Å². The van der Waals surface area contributed by atoms with Crippen molar-refractivity contribution in [2.24, 2.45) is 0 Å². The van der Waals surface area contributed by atoms with Crippen LogP contribution in [0.3, 0.4) is 0 Å². The van der Waals surface area contributed by atoms with Gasteiger partial charge < -0.3 is 9.84 Å². The lowest BCUT2D eigenvalue weighted by Gasteiger charge is -2.33. The van der Waals surface area contributed by atoms with E-state index < -0.39 is 0 Å². The van der Waals surface area contributed by atoms with Crippen molar-refractivity contribution in [2.75, 3.05) is 13.1 Å². The molecule has 1 N–H and O–H groups in total. The minimum absolute atomic E-state index is 0.0379. The SMILES string of the molecule is CCC1(c2nc(CCc3ccccc3)no2)CCCNC1. The third-order valence-electron chi connectivity index (χ3n) is 4.55. The maximum atomic E-state index is 5.59. The van der Waals surface area contributed by atoms with Crippen molar-refractivity contribution >= 4 is 0 Å². The van der Waals surface area contributed by atoms with E-state index in [0.717, 1.165) is 50.5 Å². The summed E-state index contributed by atoms with van der Waals surface area (Å²) in [5.74, 6) is 1.65. The second kappa shape index (κ2) is 6.39. The van der Waals surface area contributed by atoms with Crippen LogP contribution in [0, 0.1) is 0 Å². The van der Waals surface area contributed by atoms with E-state index in [-0.39, 0.29) is 5.41 Å². The molecule has 1 aliphatic heterocycles. The number of hydrogen-bond acceptors (Lipinski definition) is 4. The van der Waals surface area contributed by atoms with Crippen molar-refractivity contribution in [3.05, 3.63) is 47.6 Å². The van der Waals surface area contributed by atoms with Crippen molar-refractivity contribution in [2.45, 2.75) is 44.4 Å². The number of aromatic nitrogens is 2. The Morgan fingerprint density at radius 1 is 1.24 bits per heavy atom. The average molecular weight is 285 g/mol. The summed E-state index contributed by atoms with van der Waals surface area (Å²) in [5, 5.41) is 7.65. The van der Waals surface area contributed by atoms with Gasteiger partial charge in [-0.25, -0.2) is 0 Å². The molecule has 1 unspecified atom stereocenters. The highest BCUT2D eigenvalue weighted by molar-refractivity contribution is 5.16. The Morgan fingerprint density at radius 3 is 2.81 bits per heavy atom. The van der Waals surface area contributed by atoms with Crippen LogP contribution in [-0.4, -0.2) is 23.2 Å². The Labute approximate surface area is 126 Å². The molecule has 112 valence electrons. The van der Waals surface area contributed by atoms with Gasteiger partial charge in [0.25, 0.3) is 0 Å². The fourth-order valence-electron chi connectivity index (χ4n) is 3.08. The Balaban J connectivity index is 1.68. The van der Waals surface area contributed by atoms with Crippen LogP contribution in [0.2, 0.25) is 0 Å². The van der Waals surface area contributed by atoms with Gasteiger partial charge in [0, 0.05) is 13.0 Å². The molecule has 1 fully saturated rings. The van der Waals surface area contributed by atoms with Crippen molar-refractivity contribution in [3.8, 4) is 0 Å². The minimum Gasteiger partial charge on any atom is -0.339 e. The number of aryl methyl sites for hydroxylation is 2. The molecule has 0 bridgehead atoms. The largest absolute Gasteiger partial charge is 0.339 e. The molecule has 0 aliphatic carbocycles. The quantitative estimate of drug-likeness (QED) is 0.917. The fourth-order valence-corrected chi connectivity index (χ4v) is 3.08. The van der Waals surface area contributed by atoms with Gasteiger partial charge in [-0.15, -0.1) is 0 Å². The van der Waals surface area contributed by atoms with Crippen molar-refractivity contribution in [1.29, 1.82) is 0 Å². The van der Waals surface area contributed by atoms with E-state index in [1.54, 1.807) is 0 Å². The van der Waals surface area contributed by atoms with E-state index in [4.69, 9.17) is 4.52 Å². The van der Waals surface area contributed by atoms with Crippen LogP contribution >= 0.6 is 0 Å². The summed E-state index contributed by atoms with van der Waals surface area (Å²) in [7, 11) is 0. The Bertz CT molecular complexity index is 558. The maximum absolute atomic E-state index is 5.59. The van der Waals surface area contributed by atoms with Crippen LogP contribution in [-0.2, 0) is 18.3 Å². The zero-order chi connectivity index (χ0) is 14.5. The van der Waals surface area contributed by atoms with E-state index in [0.29, 0.717) is 0 Å². The van der Waals surface area contributed by atoms with Crippen molar-refractivity contribution in [3.63, 3.8) is 0 Å². The summed E-state index contributed by atoms with van der Waals surface area (Å²) in [5.41, 5.74) is 1.35. The number of nitrogens with one attached hydrogen (secondary N) is 1. The van der Waals surface area contributed by atoms with Crippen LogP contribution < -0.4 is 5.32 Å². The molecule has 0 saturated carbocycles. The van der Waals surface area contributed by atoms with Crippen molar-refractivity contribution < 1.29 is 4.52 Å². The minimum atomic E-state index is 0.0379. The van der Waals surface area contributed by atoms with Crippen molar-refractivity contribution in [1.82, 2.24) is 15.5 Å². The lowest BCUT2D eigenvalue weighted by Crippen LogP contribution is -2.43. The van der Waals surface area contributed by atoms with Crippen LogP contribution in [0.25, 0.3) is 0 Å². The van der Waals surface area contributed by atoms with E-state index in [2.05, 4.69) is 46.6 Å². The highest BCUT2D eigenvalue weighted by Crippen LogP contribution is 2.33. The predicted octanol–water partition coefficient (Wildman–Crippen LogP) is 2.89. The summed E-state index contributed by atoms with van der Waals surface area (Å²) in [6.45, 7) is 4.25. The molecule has 3 rings (SSSR count). The topological polar surface area (TPSA) is 51.0 Å². The standard InChI is InChI=1S/C17H23N3O/c1-2-17(11-6-12-18-13-17)16-19-15(20-21-16)10-9-14-7-4-3-5-8-14/h3-5,7-8,18H,2,6,9-13H2,1H3. The maximum Gasteiger partial charge on any atom is 0.234 e. The Hall–Kier alpha value is -1.68. The van der Waals surface area contributed by atoms with Gasteiger partial charge in [-0.2, -0.15) is 4.98 Å². The van der Waals surface area contributed by atoms with Gasteiger partial charge in [0.05, 0.1) is 5.41 Å². The normalized spacial score (nSPS) is 22.3. The second-order valence-corrected chi connectivity index (χ2v) is 5.92. The van der Waals surface area contributed by atoms with Gasteiger partial charge in [-0.05, 0) is 37.8 Å². The predicted molar refractivity (Wildman–Crippen MR) is 82.2 cm³/mol. The zero-order valence-electron chi connectivity index (χ0n) is 12.6. The Kier molecular flexibility index (Phi) is 4.34. The lowest BCUT2D eigenvalue weighted by molar-refractivity contribution is 0.220. The summed E-state index contributed by atoms with van der Waals surface area (Å²) in [6, 6.07) is 10.4. The first-order valence-electron chi connectivity index (χ1n) is 7.90. The van der Waals surface area contributed by atoms with Crippen LogP contribution in [0.5, 0.6) is 0 Å². The molecule has 2 aromatic rings. The highest BCUT2D eigenvalue weighted by atomic mass is 16.5. The summed E-state index contributed by atoms with van der Waals surface area (Å²) < 4.78 is 5.59. The molecule has 1 atom stereocenters. The molecule has 0 spiro atoms. The van der Waals surface area contributed by atoms with Crippen LogP contribution in [0.4, 0.5) is 0 Å². The number of rotatable bonds is 5. The van der Waals surface area contributed by atoms with Gasteiger partial charge in [-0.1, -0.05) is 42.4 Å². The van der Waals surface area contributed by atoms with Gasteiger partial charge in [0.2, 0.25) is 5.89 Å². The average Bonchev–Trinajstić information content (AvgIpc) is 3.04. The summed E-state index contributed by atoms with van der Waals surface area (Å²) in [4.78, 5) is 4.67. The lowest BCUT2D eigenvalue weighted by atomic mass is 9.78. The fraction of sp³-hybridized carbons (Fsp3) is 0.529. The first-order chi connectivity index (χ1) is 10.3. The number of piperidine rings is 1.